The van der Waals surface area contributed by atoms with Crippen molar-refractivity contribution in [3.8, 4) is 0 Å². The van der Waals surface area contributed by atoms with Crippen LogP contribution in [0.2, 0.25) is 0 Å². The molecule has 0 fully saturated rings. The molecule has 2 N–H and O–H groups in total. The average molecular weight is 305 g/mol. The Morgan fingerprint density at radius 3 is 3.05 bits per heavy atom. The predicted molar refractivity (Wildman–Crippen MR) is 82.8 cm³/mol. The number of carbonyl (C=O) groups is 1. The summed E-state index contributed by atoms with van der Waals surface area (Å²) < 4.78 is 0. The average Bonchev–Trinajstić information content (AvgIpc) is 3.02. The van der Waals surface area contributed by atoms with Crippen molar-refractivity contribution in [2.45, 2.75) is 33.7 Å². The summed E-state index contributed by atoms with van der Waals surface area (Å²) in [6, 6.07) is 0. The Kier molecular flexibility index (Phi) is 3.67. The Balaban J connectivity index is 1.82. The van der Waals surface area contributed by atoms with Gasteiger partial charge in [0.05, 0.1) is 11.4 Å². The van der Waals surface area contributed by atoms with Gasteiger partial charge in [-0.25, -0.2) is 4.98 Å². The third kappa shape index (κ3) is 2.53. The van der Waals surface area contributed by atoms with Gasteiger partial charge in [-0.1, -0.05) is 11.3 Å². The third-order valence-electron chi connectivity index (χ3n) is 3.73. The summed E-state index contributed by atoms with van der Waals surface area (Å²) in [7, 11) is 0. The highest BCUT2D eigenvalue weighted by atomic mass is 32.1. The number of carbonyl (C=O) groups excluding carboxylic acids is 1. The van der Waals surface area contributed by atoms with Crippen molar-refractivity contribution in [2.75, 3.05) is 18.4 Å². The van der Waals surface area contributed by atoms with Gasteiger partial charge in [0.25, 0.3) is 5.91 Å². The Morgan fingerprint density at radius 2 is 2.29 bits per heavy atom. The second-order valence-electron chi connectivity index (χ2n) is 5.21. The van der Waals surface area contributed by atoms with Gasteiger partial charge in [0.15, 0.2) is 5.13 Å². The summed E-state index contributed by atoms with van der Waals surface area (Å²) in [6.07, 6.45) is 0.809. The number of amides is 1. The zero-order valence-corrected chi connectivity index (χ0v) is 13.3. The zero-order valence-electron chi connectivity index (χ0n) is 12.5. The Hall–Kier alpha value is -1.89. The van der Waals surface area contributed by atoms with Crippen LogP contribution >= 0.6 is 11.3 Å². The fourth-order valence-electron chi connectivity index (χ4n) is 2.57. The third-order valence-corrected chi connectivity index (χ3v) is 4.84. The van der Waals surface area contributed by atoms with E-state index in [0.29, 0.717) is 13.1 Å². The van der Waals surface area contributed by atoms with Crippen LogP contribution in [0.5, 0.6) is 0 Å². The Labute approximate surface area is 127 Å². The summed E-state index contributed by atoms with van der Waals surface area (Å²) in [5, 5.41) is 11.3. The van der Waals surface area contributed by atoms with Gasteiger partial charge < -0.3 is 10.2 Å². The molecule has 2 aromatic rings. The van der Waals surface area contributed by atoms with Gasteiger partial charge >= 0.3 is 0 Å². The van der Waals surface area contributed by atoms with Crippen LogP contribution in [0.15, 0.2) is 0 Å². The lowest BCUT2D eigenvalue weighted by Gasteiger charge is -2.26. The number of aromatic amines is 1. The molecular formula is C14H19N5OS. The standard InChI is InChI=1S/C14H19N5OS/c1-4-15-14-16-9(3)12(21-14)13(20)19-6-5-11-10(7-19)8(2)17-18-11/h4-7H2,1-3H3,(H,15,16)(H,17,18). The molecule has 21 heavy (non-hydrogen) atoms. The minimum absolute atomic E-state index is 0.0698. The molecule has 6 nitrogen and oxygen atoms in total. The van der Waals surface area contributed by atoms with E-state index >= 15 is 0 Å². The van der Waals surface area contributed by atoms with Gasteiger partial charge in [0.1, 0.15) is 4.88 Å². The van der Waals surface area contributed by atoms with E-state index in [2.05, 4.69) is 20.5 Å². The van der Waals surface area contributed by atoms with Crippen molar-refractivity contribution in [2.24, 2.45) is 0 Å². The lowest BCUT2D eigenvalue weighted by Crippen LogP contribution is -2.35. The van der Waals surface area contributed by atoms with Crippen LogP contribution in [0.3, 0.4) is 0 Å². The Morgan fingerprint density at radius 1 is 1.48 bits per heavy atom. The molecule has 3 heterocycles. The predicted octanol–water partition coefficient (Wildman–Crippen LogP) is 2.11. The quantitative estimate of drug-likeness (QED) is 0.911. The summed E-state index contributed by atoms with van der Waals surface area (Å²) in [5.74, 6) is 0.0698. The van der Waals surface area contributed by atoms with Crippen LogP contribution in [0.4, 0.5) is 5.13 Å². The van der Waals surface area contributed by atoms with E-state index in [4.69, 9.17) is 0 Å². The smallest absolute Gasteiger partial charge is 0.266 e. The Bertz CT molecular complexity index is 675. The van der Waals surface area contributed by atoms with Crippen LogP contribution < -0.4 is 5.32 Å². The molecule has 0 saturated carbocycles. The van der Waals surface area contributed by atoms with Crippen molar-refractivity contribution >= 4 is 22.4 Å². The number of rotatable bonds is 3. The number of fused-ring (bicyclic) bond motifs is 1. The molecule has 0 radical (unpaired) electrons. The number of nitrogens with one attached hydrogen (secondary N) is 2. The van der Waals surface area contributed by atoms with Crippen molar-refractivity contribution < 1.29 is 4.79 Å². The van der Waals surface area contributed by atoms with E-state index in [1.165, 1.54) is 11.3 Å². The maximum absolute atomic E-state index is 12.7. The van der Waals surface area contributed by atoms with Crippen LogP contribution in [-0.4, -0.2) is 39.1 Å². The van der Waals surface area contributed by atoms with E-state index in [1.54, 1.807) is 0 Å². The first kappa shape index (κ1) is 14.1. The lowest BCUT2D eigenvalue weighted by atomic mass is 10.1. The molecule has 1 aliphatic heterocycles. The molecule has 0 saturated heterocycles. The first-order chi connectivity index (χ1) is 10.1. The molecule has 112 valence electrons. The molecule has 0 atom stereocenters. The number of anilines is 1. The molecule has 0 aromatic carbocycles. The number of thiazole rings is 1. The maximum Gasteiger partial charge on any atom is 0.266 e. The van der Waals surface area contributed by atoms with Crippen LogP contribution in [0, 0.1) is 13.8 Å². The molecule has 1 amide bonds. The van der Waals surface area contributed by atoms with Gasteiger partial charge in [0.2, 0.25) is 0 Å². The minimum Gasteiger partial charge on any atom is -0.362 e. The van der Waals surface area contributed by atoms with Gasteiger partial charge in [0, 0.05) is 37.3 Å². The molecule has 0 aliphatic carbocycles. The highest BCUT2D eigenvalue weighted by Gasteiger charge is 2.27. The lowest BCUT2D eigenvalue weighted by molar-refractivity contribution is 0.0738. The number of aromatic nitrogens is 3. The first-order valence-electron chi connectivity index (χ1n) is 7.13. The first-order valence-corrected chi connectivity index (χ1v) is 7.95. The van der Waals surface area contributed by atoms with Gasteiger partial charge in [-0.15, -0.1) is 0 Å². The molecular weight excluding hydrogens is 286 g/mol. The van der Waals surface area contributed by atoms with E-state index in [1.807, 2.05) is 25.7 Å². The van der Waals surface area contributed by atoms with E-state index in [0.717, 1.165) is 45.6 Å². The van der Waals surface area contributed by atoms with E-state index in [9.17, 15) is 4.79 Å². The number of hydrogen-bond donors (Lipinski definition) is 2. The molecule has 0 unspecified atom stereocenters. The second-order valence-corrected chi connectivity index (χ2v) is 6.21. The van der Waals surface area contributed by atoms with Crippen LogP contribution in [-0.2, 0) is 13.0 Å². The highest BCUT2D eigenvalue weighted by Crippen LogP contribution is 2.27. The van der Waals surface area contributed by atoms with Crippen molar-refractivity contribution in [1.82, 2.24) is 20.1 Å². The minimum atomic E-state index is 0.0698. The summed E-state index contributed by atoms with van der Waals surface area (Å²) in [6.45, 7) is 8.06. The number of aryl methyl sites for hydroxylation is 2. The highest BCUT2D eigenvalue weighted by molar-refractivity contribution is 7.17. The van der Waals surface area contributed by atoms with Crippen LogP contribution in [0.1, 0.15) is 39.2 Å². The molecule has 0 spiro atoms. The topological polar surface area (TPSA) is 73.9 Å². The van der Waals surface area contributed by atoms with Gasteiger partial charge in [-0.05, 0) is 20.8 Å². The van der Waals surface area contributed by atoms with Crippen molar-refractivity contribution in [3.05, 3.63) is 27.5 Å². The fraction of sp³-hybridized carbons (Fsp3) is 0.500. The monoisotopic (exact) mass is 305 g/mol. The number of hydrogen-bond acceptors (Lipinski definition) is 5. The van der Waals surface area contributed by atoms with Crippen molar-refractivity contribution in [1.29, 1.82) is 0 Å². The van der Waals surface area contributed by atoms with E-state index < -0.39 is 0 Å². The van der Waals surface area contributed by atoms with Crippen molar-refractivity contribution in [3.63, 3.8) is 0 Å². The summed E-state index contributed by atoms with van der Waals surface area (Å²) in [4.78, 5) is 19.8. The SMILES string of the molecule is CCNc1nc(C)c(C(=O)N2CCc3n[nH]c(C)c3C2)s1. The summed E-state index contributed by atoms with van der Waals surface area (Å²) >= 11 is 1.44. The molecule has 0 bridgehead atoms. The van der Waals surface area contributed by atoms with Gasteiger partial charge in [-0.2, -0.15) is 5.10 Å². The second kappa shape index (κ2) is 5.48. The molecule has 1 aliphatic rings. The maximum atomic E-state index is 12.7. The van der Waals surface area contributed by atoms with E-state index in [-0.39, 0.29) is 5.91 Å². The molecule has 7 heteroatoms. The fourth-order valence-corrected chi connectivity index (χ4v) is 3.57. The van der Waals surface area contributed by atoms with Gasteiger partial charge in [-0.3, -0.25) is 9.89 Å². The molecule has 3 rings (SSSR count). The van der Waals surface area contributed by atoms with Crippen LogP contribution in [0.25, 0.3) is 0 Å². The molecule has 2 aromatic heterocycles. The summed E-state index contributed by atoms with van der Waals surface area (Å²) in [5.41, 5.74) is 4.10. The number of nitrogens with zero attached hydrogens (tertiary/aromatic N) is 3. The largest absolute Gasteiger partial charge is 0.362 e. The number of H-pyrrole nitrogens is 1. The normalized spacial score (nSPS) is 14.1. The zero-order chi connectivity index (χ0) is 15.0.